The molecule has 106 valence electrons. The summed E-state index contributed by atoms with van der Waals surface area (Å²) in [6.07, 6.45) is 0. The minimum absolute atomic E-state index is 0.365. The van der Waals surface area contributed by atoms with Crippen LogP contribution in [-0.2, 0) is 0 Å². The first-order valence-electron chi connectivity index (χ1n) is 6.59. The fourth-order valence-corrected chi connectivity index (χ4v) is 2.45. The van der Waals surface area contributed by atoms with Gasteiger partial charge in [-0.1, -0.05) is 43.6 Å². The predicted molar refractivity (Wildman–Crippen MR) is 83.0 cm³/mol. The molecule has 19 heavy (non-hydrogen) atoms. The van der Waals surface area contributed by atoms with E-state index in [0.717, 1.165) is 23.2 Å². The first-order chi connectivity index (χ1) is 8.81. The third kappa shape index (κ3) is 4.86. The molecular weight excluding hydrogens is 306 g/mol. The molecular formula is C15H22BrNO2. The Morgan fingerprint density at radius 3 is 2.16 bits per heavy atom. The Kier molecular flexibility index (Phi) is 5.85. The summed E-state index contributed by atoms with van der Waals surface area (Å²) in [4.78, 5) is 13.5. The smallest absolute Gasteiger partial charge is 0.337 e. The fraction of sp³-hybridized carbons (Fsp3) is 0.533. The van der Waals surface area contributed by atoms with Gasteiger partial charge in [-0.2, -0.15) is 0 Å². The zero-order valence-corrected chi connectivity index (χ0v) is 13.6. The minimum Gasteiger partial charge on any atom is -0.478 e. The van der Waals surface area contributed by atoms with E-state index in [1.54, 1.807) is 12.1 Å². The SMILES string of the molecule is CC(C)CN(CC(C)C)c1cc(Br)ccc1C(=O)O. The van der Waals surface area contributed by atoms with E-state index < -0.39 is 5.97 Å². The molecule has 0 aromatic heterocycles. The molecule has 0 saturated heterocycles. The molecule has 0 aliphatic carbocycles. The van der Waals surface area contributed by atoms with Crippen molar-refractivity contribution in [2.24, 2.45) is 11.8 Å². The molecule has 0 aliphatic rings. The standard InChI is InChI=1S/C15H22BrNO2/c1-10(2)8-17(9-11(3)4)14-7-12(16)5-6-13(14)15(18)19/h5-7,10-11H,8-9H2,1-4H3,(H,18,19). The van der Waals surface area contributed by atoms with Gasteiger partial charge < -0.3 is 10.0 Å². The summed E-state index contributed by atoms with van der Waals surface area (Å²) in [5.41, 5.74) is 1.16. The van der Waals surface area contributed by atoms with Crippen LogP contribution in [0.3, 0.4) is 0 Å². The van der Waals surface area contributed by atoms with Gasteiger partial charge in [0, 0.05) is 17.6 Å². The van der Waals surface area contributed by atoms with Crippen molar-refractivity contribution < 1.29 is 9.90 Å². The quantitative estimate of drug-likeness (QED) is 0.848. The molecule has 0 fully saturated rings. The lowest BCUT2D eigenvalue weighted by Crippen LogP contribution is -2.32. The van der Waals surface area contributed by atoms with E-state index in [9.17, 15) is 9.90 Å². The Morgan fingerprint density at radius 1 is 1.21 bits per heavy atom. The predicted octanol–water partition coefficient (Wildman–Crippen LogP) is 4.27. The van der Waals surface area contributed by atoms with E-state index in [2.05, 4.69) is 48.5 Å². The number of carbonyl (C=O) groups is 1. The summed E-state index contributed by atoms with van der Waals surface area (Å²) in [6.45, 7) is 10.3. The Hall–Kier alpha value is -1.03. The lowest BCUT2D eigenvalue weighted by atomic mass is 10.1. The maximum absolute atomic E-state index is 11.4. The number of hydrogen-bond donors (Lipinski definition) is 1. The molecule has 0 bridgehead atoms. The molecule has 0 heterocycles. The molecule has 0 amide bonds. The fourth-order valence-electron chi connectivity index (χ4n) is 2.10. The molecule has 1 aromatic carbocycles. The van der Waals surface area contributed by atoms with Crippen LogP contribution in [0.4, 0.5) is 5.69 Å². The Labute approximate surface area is 123 Å². The zero-order valence-electron chi connectivity index (χ0n) is 12.0. The Balaban J connectivity index is 3.18. The van der Waals surface area contributed by atoms with Gasteiger partial charge in [-0.25, -0.2) is 4.79 Å². The number of rotatable bonds is 6. The van der Waals surface area contributed by atoms with Crippen molar-refractivity contribution >= 4 is 27.6 Å². The van der Waals surface area contributed by atoms with Gasteiger partial charge in [-0.05, 0) is 30.0 Å². The summed E-state index contributed by atoms with van der Waals surface area (Å²) in [6, 6.07) is 5.33. The maximum atomic E-state index is 11.4. The van der Waals surface area contributed by atoms with Gasteiger partial charge in [0.25, 0.3) is 0 Å². The summed E-state index contributed by atoms with van der Waals surface area (Å²) in [5, 5.41) is 9.33. The molecule has 0 atom stereocenters. The molecule has 3 nitrogen and oxygen atoms in total. The van der Waals surface area contributed by atoms with Crippen molar-refractivity contribution in [1.82, 2.24) is 0 Å². The molecule has 4 heteroatoms. The van der Waals surface area contributed by atoms with Crippen molar-refractivity contribution in [1.29, 1.82) is 0 Å². The molecule has 0 unspecified atom stereocenters. The highest BCUT2D eigenvalue weighted by Crippen LogP contribution is 2.27. The Morgan fingerprint density at radius 2 is 1.74 bits per heavy atom. The first kappa shape index (κ1) is 16.0. The highest BCUT2D eigenvalue weighted by atomic mass is 79.9. The summed E-state index contributed by atoms with van der Waals surface area (Å²) >= 11 is 3.43. The van der Waals surface area contributed by atoms with Crippen molar-refractivity contribution in [3.63, 3.8) is 0 Å². The number of aromatic carboxylic acids is 1. The van der Waals surface area contributed by atoms with Crippen LogP contribution in [0.1, 0.15) is 38.1 Å². The second kappa shape index (κ2) is 6.94. The van der Waals surface area contributed by atoms with Crippen molar-refractivity contribution in [2.75, 3.05) is 18.0 Å². The molecule has 0 spiro atoms. The number of hydrogen-bond acceptors (Lipinski definition) is 2. The lowest BCUT2D eigenvalue weighted by Gasteiger charge is -2.29. The number of anilines is 1. The third-order valence-corrected chi connectivity index (χ3v) is 3.20. The summed E-state index contributed by atoms with van der Waals surface area (Å²) in [7, 11) is 0. The third-order valence-electron chi connectivity index (χ3n) is 2.70. The van der Waals surface area contributed by atoms with Gasteiger partial charge >= 0.3 is 5.97 Å². The van der Waals surface area contributed by atoms with Gasteiger partial charge in [-0.3, -0.25) is 0 Å². The molecule has 0 aliphatic heterocycles. The highest BCUT2D eigenvalue weighted by Gasteiger charge is 2.18. The monoisotopic (exact) mass is 327 g/mol. The largest absolute Gasteiger partial charge is 0.478 e. The van der Waals surface area contributed by atoms with Crippen LogP contribution in [0, 0.1) is 11.8 Å². The number of carboxylic acid groups (broad SMARTS) is 1. The van der Waals surface area contributed by atoms with Crippen molar-refractivity contribution in [3.8, 4) is 0 Å². The van der Waals surface area contributed by atoms with Crippen molar-refractivity contribution in [3.05, 3.63) is 28.2 Å². The summed E-state index contributed by atoms with van der Waals surface area (Å²) < 4.78 is 0.907. The first-order valence-corrected chi connectivity index (χ1v) is 7.38. The number of carboxylic acids is 1. The molecule has 1 aromatic rings. The minimum atomic E-state index is -0.875. The van der Waals surface area contributed by atoms with Gasteiger partial charge in [0.15, 0.2) is 0 Å². The van der Waals surface area contributed by atoms with Crippen molar-refractivity contribution in [2.45, 2.75) is 27.7 Å². The van der Waals surface area contributed by atoms with Crippen LogP contribution in [0.2, 0.25) is 0 Å². The number of nitrogens with zero attached hydrogens (tertiary/aromatic N) is 1. The van der Waals surface area contributed by atoms with Crippen LogP contribution in [0.5, 0.6) is 0 Å². The molecule has 1 rings (SSSR count). The Bertz CT molecular complexity index is 434. The van der Waals surface area contributed by atoms with Crippen LogP contribution in [0.25, 0.3) is 0 Å². The van der Waals surface area contributed by atoms with Gasteiger partial charge in [-0.15, -0.1) is 0 Å². The van der Waals surface area contributed by atoms with Gasteiger partial charge in [0.2, 0.25) is 0 Å². The van der Waals surface area contributed by atoms with E-state index >= 15 is 0 Å². The average molecular weight is 328 g/mol. The number of benzene rings is 1. The van der Waals surface area contributed by atoms with E-state index in [-0.39, 0.29) is 0 Å². The molecule has 0 radical (unpaired) electrons. The van der Waals surface area contributed by atoms with Crippen LogP contribution >= 0.6 is 15.9 Å². The van der Waals surface area contributed by atoms with Crippen LogP contribution in [0.15, 0.2) is 22.7 Å². The maximum Gasteiger partial charge on any atom is 0.337 e. The normalized spacial score (nSPS) is 11.1. The van der Waals surface area contributed by atoms with E-state index in [0.29, 0.717) is 17.4 Å². The van der Waals surface area contributed by atoms with Crippen LogP contribution < -0.4 is 4.90 Å². The topological polar surface area (TPSA) is 40.5 Å². The van der Waals surface area contributed by atoms with E-state index in [4.69, 9.17) is 0 Å². The summed E-state index contributed by atoms with van der Waals surface area (Å²) in [5.74, 6) is 0.0961. The second-order valence-corrected chi connectivity index (χ2v) is 6.57. The lowest BCUT2D eigenvalue weighted by molar-refractivity contribution is 0.0697. The molecule has 0 saturated carbocycles. The zero-order chi connectivity index (χ0) is 14.6. The van der Waals surface area contributed by atoms with Gasteiger partial charge in [0.05, 0.1) is 11.3 Å². The molecule has 1 N–H and O–H groups in total. The van der Waals surface area contributed by atoms with E-state index in [1.807, 2.05) is 6.07 Å². The van der Waals surface area contributed by atoms with Gasteiger partial charge in [0.1, 0.15) is 0 Å². The van der Waals surface area contributed by atoms with E-state index in [1.165, 1.54) is 0 Å². The van der Waals surface area contributed by atoms with Crippen LogP contribution in [-0.4, -0.2) is 24.2 Å². The average Bonchev–Trinajstić information content (AvgIpc) is 2.26. The second-order valence-electron chi connectivity index (χ2n) is 5.66. The number of halogens is 1. The highest BCUT2D eigenvalue weighted by molar-refractivity contribution is 9.10.